The fraction of sp³-hybridized carbons (Fsp3) is 1.00. The number of nitrogens with one attached hydrogen (secondary N) is 1. The molecule has 2 bridgehead atoms. The Balaban J connectivity index is 1.30. The van der Waals surface area contributed by atoms with E-state index in [9.17, 15) is 0 Å². The molecule has 3 saturated carbocycles. The van der Waals surface area contributed by atoms with E-state index < -0.39 is 0 Å². The molecule has 0 amide bonds. The highest BCUT2D eigenvalue weighted by molar-refractivity contribution is 4.91. The molecule has 3 rings (SSSR count). The summed E-state index contributed by atoms with van der Waals surface area (Å²) in [6.45, 7) is 6.11. The number of fused-ring (bicyclic) bond motifs is 2. The second-order valence-electron chi connectivity index (χ2n) is 7.28. The zero-order valence-electron chi connectivity index (χ0n) is 12.2. The average Bonchev–Trinajstić information content (AvgIpc) is 3.00. The van der Waals surface area contributed by atoms with Gasteiger partial charge in [0.2, 0.25) is 0 Å². The fourth-order valence-corrected chi connectivity index (χ4v) is 4.34. The largest absolute Gasteiger partial charge is 0.313 e. The minimum Gasteiger partial charge on any atom is -0.313 e. The first kappa shape index (κ1) is 12.9. The smallest absolute Gasteiger partial charge is 0.0104 e. The van der Waals surface area contributed by atoms with Crippen LogP contribution in [-0.4, -0.2) is 37.6 Å². The zero-order valence-corrected chi connectivity index (χ0v) is 12.2. The van der Waals surface area contributed by atoms with Crippen LogP contribution in [0.5, 0.6) is 0 Å². The molecule has 0 aromatic rings. The number of hydrogen-bond acceptors (Lipinski definition) is 2. The molecule has 104 valence electrons. The van der Waals surface area contributed by atoms with Crippen molar-refractivity contribution in [1.82, 2.24) is 10.2 Å². The van der Waals surface area contributed by atoms with Crippen LogP contribution in [0.1, 0.15) is 45.4 Å². The maximum absolute atomic E-state index is 3.69. The Bertz CT molecular complexity index is 274. The molecule has 0 heterocycles. The molecule has 4 atom stereocenters. The summed E-state index contributed by atoms with van der Waals surface area (Å²) in [6.07, 6.45) is 9.05. The molecule has 0 aromatic carbocycles. The molecule has 0 aromatic heterocycles. The van der Waals surface area contributed by atoms with Gasteiger partial charge in [-0.1, -0.05) is 6.42 Å². The third kappa shape index (κ3) is 3.08. The minimum atomic E-state index is 0.751. The summed E-state index contributed by atoms with van der Waals surface area (Å²) < 4.78 is 0. The van der Waals surface area contributed by atoms with E-state index in [4.69, 9.17) is 0 Å². The van der Waals surface area contributed by atoms with Crippen LogP contribution < -0.4 is 5.32 Å². The highest BCUT2D eigenvalue weighted by atomic mass is 15.1. The molecular weight excluding hydrogens is 220 g/mol. The maximum atomic E-state index is 3.69. The Morgan fingerprint density at radius 2 is 2.00 bits per heavy atom. The SMILES string of the molecule is CC(NCCN(C)CC1CC2CCC1C2)C1CC1. The molecule has 3 aliphatic rings. The lowest BCUT2D eigenvalue weighted by atomic mass is 9.88. The Kier molecular flexibility index (Phi) is 3.95. The Labute approximate surface area is 113 Å². The van der Waals surface area contributed by atoms with E-state index in [1.54, 1.807) is 6.42 Å². The third-order valence-electron chi connectivity index (χ3n) is 5.72. The van der Waals surface area contributed by atoms with E-state index in [1.807, 2.05) is 0 Å². The summed E-state index contributed by atoms with van der Waals surface area (Å²) in [6, 6.07) is 0.751. The van der Waals surface area contributed by atoms with Crippen LogP contribution in [0, 0.1) is 23.7 Å². The molecular formula is C16H30N2. The van der Waals surface area contributed by atoms with Crippen molar-refractivity contribution in [3.63, 3.8) is 0 Å². The van der Waals surface area contributed by atoms with Crippen LogP contribution in [-0.2, 0) is 0 Å². The summed E-state index contributed by atoms with van der Waals surface area (Å²) in [5, 5.41) is 3.69. The average molecular weight is 250 g/mol. The van der Waals surface area contributed by atoms with Gasteiger partial charge in [-0.15, -0.1) is 0 Å². The van der Waals surface area contributed by atoms with Gasteiger partial charge < -0.3 is 10.2 Å². The van der Waals surface area contributed by atoms with Crippen molar-refractivity contribution in [2.45, 2.75) is 51.5 Å². The molecule has 1 N–H and O–H groups in total. The Morgan fingerprint density at radius 1 is 1.17 bits per heavy atom. The van der Waals surface area contributed by atoms with Crippen LogP contribution in [0.25, 0.3) is 0 Å². The van der Waals surface area contributed by atoms with Gasteiger partial charge in [-0.2, -0.15) is 0 Å². The molecule has 0 aliphatic heterocycles. The number of rotatable bonds is 7. The molecule has 0 radical (unpaired) electrons. The fourth-order valence-electron chi connectivity index (χ4n) is 4.34. The first-order chi connectivity index (χ1) is 8.72. The molecule has 18 heavy (non-hydrogen) atoms. The summed E-state index contributed by atoms with van der Waals surface area (Å²) in [7, 11) is 2.31. The van der Waals surface area contributed by atoms with Gasteiger partial charge in [0.1, 0.15) is 0 Å². The van der Waals surface area contributed by atoms with E-state index in [-0.39, 0.29) is 0 Å². The lowest BCUT2D eigenvalue weighted by molar-refractivity contribution is 0.218. The topological polar surface area (TPSA) is 15.3 Å². The van der Waals surface area contributed by atoms with Crippen molar-refractivity contribution in [3.8, 4) is 0 Å². The van der Waals surface area contributed by atoms with Gasteiger partial charge in [0.05, 0.1) is 0 Å². The van der Waals surface area contributed by atoms with E-state index in [1.165, 1.54) is 51.7 Å². The molecule has 0 saturated heterocycles. The summed E-state index contributed by atoms with van der Waals surface area (Å²) in [5.74, 6) is 4.19. The second kappa shape index (κ2) is 5.50. The number of likely N-dealkylation sites (N-methyl/N-ethyl adjacent to an activating group) is 1. The quantitative estimate of drug-likeness (QED) is 0.747. The van der Waals surface area contributed by atoms with Crippen LogP contribution in [0.15, 0.2) is 0 Å². The molecule has 2 nitrogen and oxygen atoms in total. The van der Waals surface area contributed by atoms with Gasteiger partial charge >= 0.3 is 0 Å². The van der Waals surface area contributed by atoms with Gasteiger partial charge in [0.15, 0.2) is 0 Å². The second-order valence-corrected chi connectivity index (χ2v) is 7.28. The minimum absolute atomic E-state index is 0.751. The Hall–Kier alpha value is -0.0800. The van der Waals surface area contributed by atoms with E-state index in [2.05, 4.69) is 24.2 Å². The molecule has 0 spiro atoms. The monoisotopic (exact) mass is 250 g/mol. The lowest BCUT2D eigenvalue weighted by Crippen LogP contribution is -2.37. The summed E-state index contributed by atoms with van der Waals surface area (Å²) in [5.41, 5.74) is 0. The van der Waals surface area contributed by atoms with E-state index in [0.717, 1.165) is 29.7 Å². The maximum Gasteiger partial charge on any atom is 0.0104 e. The first-order valence-corrected chi connectivity index (χ1v) is 8.14. The summed E-state index contributed by atoms with van der Waals surface area (Å²) >= 11 is 0. The third-order valence-corrected chi connectivity index (χ3v) is 5.72. The Morgan fingerprint density at radius 3 is 2.61 bits per heavy atom. The zero-order chi connectivity index (χ0) is 12.5. The number of hydrogen-bond donors (Lipinski definition) is 1. The van der Waals surface area contributed by atoms with Crippen LogP contribution >= 0.6 is 0 Å². The van der Waals surface area contributed by atoms with Gasteiger partial charge in [0.25, 0.3) is 0 Å². The van der Waals surface area contributed by atoms with Gasteiger partial charge in [-0.25, -0.2) is 0 Å². The molecule has 4 unspecified atom stereocenters. The highest BCUT2D eigenvalue weighted by Gasteiger charge is 2.39. The number of nitrogens with zero attached hydrogens (tertiary/aromatic N) is 1. The van der Waals surface area contributed by atoms with Gasteiger partial charge in [0, 0.05) is 25.7 Å². The van der Waals surface area contributed by atoms with E-state index in [0.29, 0.717) is 0 Å². The predicted octanol–water partition coefficient (Wildman–Crippen LogP) is 2.74. The molecule has 2 heteroatoms. The predicted molar refractivity (Wildman–Crippen MR) is 76.6 cm³/mol. The van der Waals surface area contributed by atoms with Gasteiger partial charge in [-0.3, -0.25) is 0 Å². The standard InChI is InChI=1S/C16H30N2/c1-12(14-5-6-14)17-7-8-18(2)11-16-10-13-3-4-15(16)9-13/h12-17H,3-11H2,1-2H3. The van der Waals surface area contributed by atoms with Gasteiger partial charge in [-0.05, 0) is 69.7 Å². The van der Waals surface area contributed by atoms with Crippen LogP contribution in [0.4, 0.5) is 0 Å². The van der Waals surface area contributed by atoms with Crippen molar-refractivity contribution >= 4 is 0 Å². The van der Waals surface area contributed by atoms with Crippen molar-refractivity contribution in [2.75, 3.05) is 26.7 Å². The lowest BCUT2D eigenvalue weighted by Gasteiger charge is -2.27. The first-order valence-electron chi connectivity index (χ1n) is 8.14. The van der Waals surface area contributed by atoms with Crippen LogP contribution in [0.3, 0.4) is 0 Å². The van der Waals surface area contributed by atoms with Crippen molar-refractivity contribution in [1.29, 1.82) is 0 Å². The van der Waals surface area contributed by atoms with Crippen LogP contribution in [0.2, 0.25) is 0 Å². The van der Waals surface area contributed by atoms with Crippen molar-refractivity contribution < 1.29 is 0 Å². The van der Waals surface area contributed by atoms with Crippen molar-refractivity contribution in [3.05, 3.63) is 0 Å². The summed E-state index contributed by atoms with van der Waals surface area (Å²) in [4.78, 5) is 2.57. The molecule has 3 fully saturated rings. The normalized spacial score (nSPS) is 36.5. The highest BCUT2D eigenvalue weighted by Crippen LogP contribution is 2.48. The molecule has 3 aliphatic carbocycles. The van der Waals surface area contributed by atoms with Crippen molar-refractivity contribution in [2.24, 2.45) is 23.7 Å². The van der Waals surface area contributed by atoms with E-state index >= 15 is 0 Å².